The van der Waals surface area contributed by atoms with Crippen molar-refractivity contribution in [1.82, 2.24) is 14.9 Å². The van der Waals surface area contributed by atoms with Crippen LogP contribution in [0.25, 0.3) is 10.9 Å². The Morgan fingerprint density at radius 2 is 1.72 bits per heavy atom. The lowest BCUT2D eigenvalue weighted by atomic mass is 10.0. The highest BCUT2D eigenvalue weighted by molar-refractivity contribution is 5.82. The number of halogens is 3. The van der Waals surface area contributed by atoms with Crippen LogP contribution in [0, 0.1) is 17.5 Å². The lowest BCUT2D eigenvalue weighted by Gasteiger charge is -2.23. The molecule has 0 saturated heterocycles. The molecule has 0 saturated carbocycles. The lowest BCUT2D eigenvalue weighted by molar-refractivity contribution is -0.125. The number of aromatic amines is 1. The van der Waals surface area contributed by atoms with Gasteiger partial charge in [-0.2, -0.15) is 0 Å². The number of nitrogens with zero attached hydrogens (tertiary/aromatic N) is 1. The molecule has 3 aromatic carbocycles. The molecule has 36 heavy (non-hydrogen) atoms. The van der Waals surface area contributed by atoms with Gasteiger partial charge in [0.1, 0.15) is 29.2 Å². The van der Waals surface area contributed by atoms with Crippen molar-refractivity contribution in [3.63, 3.8) is 0 Å². The number of ether oxygens (including phenoxy) is 1. The van der Waals surface area contributed by atoms with E-state index in [-0.39, 0.29) is 22.9 Å². The van der Waals surface area contributed by atoms with Crippen molar-refractivity contribution < 1.29 is 22.7 Å². The third-order valence-corrected chi connectivity index (χ3v) is 5.90. The van der Waals surface area contributed by atoms with E-state index in [4.69, 9.17) is 4.74 Å². The van der Waals surface area contributed by atoms with Crippen LogP contribution < -0.4 is 21.3 Å². The molecule has 0 unspecified atom stereocenters. The number of methoxy groups -OCH3 is 1. The minimum atomic E-state index is -1.41. The van der Waals surface area contributed by atoms with E-state index < -0.39 is 46.7 Å². The molecule has 0 aliphatic heterocycles. The molecule has 0 bridgehead atoms. The molecule has 0 radical (unpaired) electrons. The van der Waals surface area contributed by atoms with Gasteiger partial charge < -0.3 is 15.0 Å². The third-order valence-electron chi connectivity index (χ3n) is 5.90. The van der Waals surface area contributed by atoms with E-state index in [2.05, 4.69) is 10.3 Å². The second kappa shape index (κ2) is 10.1. The van der Waals surface area contributed by atoms with Crippen molar-refractivity contribution in [2.24, 2.45) is 0 Å². The summed E-state index contributed by atoms with van der Waals surface area (Å²) in [6.07, 6.45) is -0.141. The Morgan fingerprint density at radius 3 is 2.44 bits per heavy atom. The third kappa shape index (κ3) is 4.88. The van der Waals surface area contributed by atoms with E-state index in [0.717, 1.165) is 18.2 Å². The molecule has 0 spiro atoms. The smallest absolute Gasteiger partial charge is 0.329 e. The molecular formula is C26H22F3N3O4. The standard InChI is InChI=1S/C26H22F3N3O4/c1-14(18-9-7-17(28)13-20(18)29)30-24(33)22(11-15-5-3-4-6-23(15)36-2)32-25(34)19-12-16(27)8-10-21(19)31-26(32)35/h3-10,12-14,22H,11H2,1-2H3,(H,30,33)(H,31,35)/t14-,22-/m0/s1. The van der Waals surface area contributed by atoms with Crippen molar-refractivity contribution in [3.05, 3.63) is 110 Å². The molecule has 0 aliphatic rings. The number of benzene rings is 3. The summed E-state index contributed by atoms with van der Waals surface area (Å²) < 4.78 is 47.6. The molecule has 1 aromatic heterocycles. The quantitative estimate of drug-likeness (QED) is 0.407. The zero-order valence-corrected chi connectivity index (χ0v) is 19.3. The summed E-state index contributed by atoms with van der Waals surface area (Å²) in [5, 5.41) is 2.48. The molecular weight excluding hydrogens is 475 g/mol. The van der Waals surface area contributed by atoms with Crippen LogP contribution >= 0.6 is 0 Å². The maximum Gasteiger partial charge on any atom is 0.329 e. The summed E-state index contributed by atoms with van der Waals surface area (Å²) in [4.78, 5) is 42.3. The molecule has 4 rings (SSSR count). The molecule has 186 valence electrons. The molecule has 4 aromatic rings. The van der Waals surface area contributed by atoms with Gasteiger partial charge in [0.25, 0.3) is 5.56 Å². The lowest BCUT2D eigenvalue weighted by Crippen LogP contribution is -2.46. The summed E-state index contributed by atoms with van der Waals surface area (Å²) in [6, 6.07) is 10.7. The van der Waals surface area contributed by atoms with Crippen molar-refractivity contribution in [2.75, 3.05) is 7.11 Å². The Labute approximate surface area is 203 Å². The van der Waals surface area contributed by atoms with Gasteiger partial charge in [-0.05, 0) is 42.8 Å². The van der Waals surface area contributed by atoms with Gasteiger partial charge in [0.05, 0.1) is 24.1 Å². The van der Waals surface area contributed by atoms with Gasteiger partial charge in [0.15, 0.2) is 0 Å². The largest absolute Gasteiger partial charge is 0.496 e. The number of H-pyrrole nitrogens is 1. The van der Waals surface area contributed by atoms with Gasteiger partial charge in [-0.1, -0.05) is 24.3 Å². The number of rotatable bonds is 7. The Hall–Kier alpha value is -4.34. The van der Waals surface area contributed by atoms with E-state index in [1.165, 1.54) is 26.2 Å². The van der Waals surface area contributed by atoms with E-state index >= 15 is 0 Å². The van der Waals surface area contributed by atoms with Crippen LogP contribution in [0.1, 0.15) is 30.1 Å². The van der Waals surface area contributed by atoms with Gasteiger partial charge in [0, 0.05) is 18.1 Å². The van der Waals surface area contributed by atoms with Gasteiger partial charge >= 0.3 is 5.69 Å². The molecule has 1 heterocycles. The highest BCUT2D eigenvalue weighted by Crippen LogP contribution is 2.24. The summed E-state index contributed by atoms with van der Waals surface area (Å²) in [5.41, 5.74) is -1.10. The summed E-state index contributed by atoms with van der Waals surface area (Å²) in [7, 11) is 1.44. The summed E-state index contributed by atoms with van der Waals surface area (Å²) in [5.74, 6) is -2.68. The molecule has 2 atom stereocenters. The molecule has 0 fully saturated rings. The fourth-order valence-corrected chi connectivity index (χ4v) is 4.10. The fraction of sp³-hybridized carbons (Fsp3) is 0.192. The topological polar surface area (TPSA) is 93.2 Å². The van der Waals surface area contributed by atoms with Crippen LogP contribution in [-0.4, -0.2) is 22.6 Å². The number of aromatic nitrogens is 2. The number of para-hydroxylation sites is 1. The number of nitrogens with one attached hydrogen (secondary N) is 2. The molecule has 1 amide bonds. The SMILES string of the molecule is COc1ccccc1C[C@@H](C(=O)N[C@@H](C)c1ccc(F)cc1F)n1c(=O)[nH]c2ccc(F)cc2c1=O. The number of hydrogen-bond acceptors (Lipinski definition) is 4. The number of amides is 1. The number of carbonyl (C=O) groups is 1. The van der Waals surface area contributed by atoms with Crippen molar-refractivity contribution in [2.45, 2.75) is 25.4 Å². The minimum Gasteiger partial charge on any atom is -0.496 e. The molecule has 2 N–H and O–H groups in total. The van der Waals surface area contributed by atoms with Gasteiger partial charge in [0.2, 0.25) is 5.91 Å². The second-order valence-electron chi connectivity index (χ2n) is 8.22. The van der Waals surface area contributed by atoms with Crippen molar-refractivity contribution in [1.29, 1.82) is 0 Å². The first-order valence-electron chi connectivity index (χ1n) is 11.0. The first-order valence-corrected chi connectivity index (χ1v) is 11.0. The zero-order valence-electron chi connectivity index (χ0n) is 19.3. The molecule has 7 nitrogen and oxygen atoms in total. The Bertz CT molecular complexity index is 1560. The maximum atomic E-state index is 14.3. The fourth-order valence-electron chi connectivity index (χ4n) is 4.10. The Balaban J connectivity index is 1.81. The normalized spacial score (nSPS) is 12.8. The summed E-state index contributed by atoms with van der Waals surface area (Å²) in [6.45, 7) is 1.48. The van der Waals surface area contributed by atoms with Crippen LogP contribution in [0.4, 0.5) is 13.2 Å². The van der Waals surface area contributed by atoms with Crippen molar-refractivity contribution >= 4 is 16.8 Å². The van der Waals surface area contributed by atoms with Crippen LogP contribution in [0.15, 0.2) is 70.3 Å². The van der Waals surface area contributed by atoms with Crippen molar-refractivity contribution in [3.8, 4) is 5.75 Å². The number of carbonyl (C=O) groups excluding carboxylic acids is 1. The highest BCUT2D eigenvalue weighted by Gasteiger charge is 2.28. The first-order chi connectivity index (χ1) is 17.2. The second-order valence-corrected chi connectivity index (χ2v) is 8.22. The van der Waals surface area contributed by atoms with E-state index in [1.807, 2.05) is 0 Å². The first kappa shape index (κ1) is 24.8. The summed E-state index contributed by atoms with van der Waals surface area (Å²) >= 11 is 0. The van der Waals surface area contributed by atoms with Crippen LogP contribution in [0.5, 0.6) is 5.75 Å². The highest BCUT2D eigenvalue weighted by atomic mass is 19.1. The van der Waals surface area contributed by atoms with Gasteiger partial charge in [-0.25, -0.2) is 22.5 Å². The van der Waals surface area contributed by atoms with Gasteiger partial charge in [-0.3, -0.25) is 9.59 Å². The Kier molecular flexibility index (Phi) is 6.96. The van der Waals surface area contributed by atoms with E-state index in [0.29, 0.717) is 21.9 Å². The number of hydrogen-bond donors (Lipinski definition) is 2. The monoisotopic (exact) mass is 497 g/mol. The predicted octanol–water partition coefficient (Wildman–Crippen LogP) is 3.78. The zero-order chi connectivity index (χ0) is 26.0. The molecule has 10 heteroatoms. The van der Waals surface area contributed by atoms with E-state index in [1.54, 1.807) is 24.3 Å². The van der Waals surface area contributed by atoms with Crippen LogP contribution in [0.2, 0.25) is 0 Å². The predicted molar refractivity (Wildman–Crippen MR) is 127 cm³/mol. The average molecular weight is 497 g/mol. The average Bonchev–Trinajstić information content (AvgIpc) is 2.84. The van der Waals surface area contributed by atoms with Crippen LogP contribution in [0.3, 0.4) is 0 Å². The molecule has 0 aliphatic carbocycles. The Morgan fingerprint density at radius 1 is 1.03 bits per heavy atom. The maximum absolute atomic E-state index is 14.3. The van der Waals surface area contributed by atoms with Gasteiger partial charge in [-0.15, -0.1) is 0 Å². The number of fused-ring (bicyclic) bond motifs is 1. The van der Waals surface area contributed by atoms with E-state index in [9.17, 15) is 27.6 Å². The minimum absolute atomic E-state index is 0.0163. The van der Waals surface area contributed by atoms with Crippen LogP contribution in [-0.2, 0) is 11.2 Å².